The molecule has 1 N–H and O–H groups in total. The fraction of sp³-hybridized carbons (Fsp3) is 0.333. The second-order valence-electron chi connectivity index (χ2n) is 9.53. The first-order valence-electron chi connectivity index (χ1n) is 13.3. The maximum Gasteiger partial charge on any atom is 0.264 e. The average Bonchev–Trinajstić information content (AvgIpc) is 2.97. The molecule has 0 radical (unpaired) electrons. The maximum absolute atomic E-state index is 14.1. The molecule has 0 aliphatic rings. The van der Waals surface area contributed by atoms with E-state index in [0.29, 0.717) is 12.2 Å². The molecule has 0 fully saturated rings. The van der Waals surface area contributed by atoms with E-state index in [1.165, 1.54) is 35.2 Å². The smallest absolute Gasteiger partial charge is 0.264 e. The first kappa shape index (κ1) is 32.2. The SMILES string of the molecule is CC[C@H](C(=O)N[C@@H](C)CC)N(Cc1ccc(OC)cc1)C(=O)CN(c1ccc(Cl)c(Cl)c1)S(=O)(=O)c1ccccc1. The Hall–Kier alpha value is -3.27. The molecular weight excluding hydrogens is 585 g/mol. The summed E-state index contributed by atoms with van der Waals surface area (Å²) in [7, 11) is -2.65. The van der Waals surface area contributed by atoms with Gasteiger partial charge in [-0.25, -0.2) is 8.42 Å². The highest BCUT2D eigenvalue weighted by atomic mass is 35.5. The van der Waals surface area contributed by atoms with E-state index in [4.69, 9.17) is 27.9 Å². The third kappa shape index (κ3) is 8.15. The Labute approximate surface area is 252 Å². The van der Waals surface area contributed by atoms with E-state index >= 15 is 0 Å². The van der Waals surface area contributed by atoms with E-state index < -0.39 is 28.5 Å². The molecule has 0 bridgehead atoms. The van der Waals surface area contributed by atoms with Gasteiger partial charge < -0.3 is 15.0 Å². The van der Waals surface area contributed by atoms with E-state index in [9.17, 15) is 18.0 Å². The quantitative estimate of drug-likeness (QED) is 0.256. The lowest BCUT2D eigenvalue weighted by atomic mass is 10.1. The molecule has 0 aromatic heterocycles. The summed E-state index contributed by atoms with van der Waals surface area (Å²) in [5.74, 6) is -0.221. The zero-order valence-corrected chi connectivity index (χ0v) is 25.8. The highest BCUT2D eigenvalue weighted by Crippen LogP contribution is 2.31. The third-order valence-corrected chi connectivity index (χ3v) is 9.23. The number of carbonyl (C=O) groups is 2. The van der Waals surface area contributed by atoms with E-state index in [1.54, 1.807) is 49.6 Å². The average molecular weight is 621 g/mol. The number of halogens is 2. The molecule has 3 rings (SSSR count). The molecule has 0 saturated carbocycles. The van der Waals surface area contributed by atoms with Gasteiger partial charge in [0.25, 0.3) is 10.0 Å². The Kier molecular flexibility index (Phi) is 11.5. The second-order valence-corrected chi connectivity index (χ2v) is 12.2. The number of nitrogens with one attached hydrogen (secondary N) is 1. The normalized spacial score (nSPS) is 12.7. The van der Waals surface area contributed by atoms with Gasteiger partial charge in [-0.1, -0.05) is 67.4 Å². The van der Waals surface area contributed by atoms with Gasteiger partial charge in [0, 0.05) is 12.6 Å². The van der Waals surface area contributed by atoms with E-state index in [1.807, 2.05) is 20.8 Å². The van der Waals surface area contributed by atoms with Crippen molar-refractivity contribution in [3.8, 4) is 5.75 Å². The molecule has 0 aliphatic carbocycles. The molecule has 0 aliphatic heterocycles. The topological polar surface area (TPSA) is 96.0 Å². The largest absolute Gasteiger partial charge is 0.497 e. The molecule has 11 heteroatoms. The minimum Gasteiger partial charge on any atom is -0.497 e. The van der Waals surface area contributed by atoms with Crippen LogP contribution in [0.3, 0.4) is 0 Å². The van der Waals surface area contributed by atoms with Crippen molar-refractivity contribution in [1.82, 2.24) is 10.2 Å². The van der Waals surface area contributed by atoms with Crippen molar-refractivity contribution in [2.75, 3.05) is 18.0 Å². The van der Waals surface area contributed by atoms with Crippen LogP contribution in [0.15, 0.2) is 77.7 Å². The number of carbonyl (C=O) groups excluding carboxylic acids is 2. The lowest BCUT2D eigenvalue weighted by Gasteiger charge is -2.33. The number of ether oxygens (including phenoxy) is 1. The Morgan fingerprint density at radius 1 is 0.927 bits per heavy atom. The first-order valence-corrected chi connectivity index (χ1v) is 15.5. The zero-order valence-electron chi connectivity index (χ0n) is 23.5. The molecule has 2 amide bonds. The van der Waals surface area contributed by atoms with Crippen LogP contribution in [-0.2, 0) is 26.2 Å². The predicted molar refractivity (Wildman–Crippen MR) is 163 cm³/mol. The molecule has 3 aromatic rings. The zero-order chi connectivity index (χ0) is 30.2. The highest BCUT2D eigenvalue weighted by molar-refractivity contribution is 7.92. The summed E-state index contributed by atoms with van der Waals surface area (Å²) in [5, 5.41) is 3.34. The van der Waals surface area contributed by atoms with Crippen molar-refractivity contribution in [3.05, 3.63) is 88.4 Å². The fourth-order valence-electron chi connectivity index (χ4n) is 4.18. The van der Waals surface area contributed by atoms with Gasteiger partial charge in [-0.15, -0.1) is 0 Å². The van der Waals surface area contributed by atoms with Crippen LogP contribution in [-0.4, -0.2) is 50.9 Å². The highest BCUT2D eigenvalue weighted by Gasteiger charge is 2.34. The van der Waals surface area contributed by atoms with Gasteiger partial charge in [-0.2, -0.15) is 0 Å². The first-order chi connectivity index (χ1) is 19.5. The Balaban J connectivity index is 2.06. The van der Waals surface area contributed by atoms with Gasteiger partial charge in [0.15, 0.2) is 0 Å². The number of amides is 2. The van der Waals surface area contributed by atoms with Gasteiger partial charge in [0.2, 0.25) is 11.8 Å². The molecule has 220 valence electrons. The van der Waals surface area contributed by atoms with Gasteiger partial charge in [-0.3, -0.25) is 13.9 Å². The van der Waals surface area contributed by atoms with Crippen molar-refractivity contribution >= 4 is 50.7 Å². The van der Waals surface area contributed by atoms with Crippen LogP contribution in [0.1, 0.15) is 39.2 Å². The van der Waals surface area contributed by atoms with Gasteiger partial charge >= 0.3 is 0 Å². The number of rotatable bonds is 13. The van der Waals surface area contributed by atoms with Crippen LogP contribution in [0.4, 0.5) is 5.69 Å². The maximum atomic E-state index is 14.1. The standard InChI is InChI=1S/C30H35Cl2N3O5S/c1-5-21(3)33-30(37)28(6-2)34(19-22-12-15-24(40-4)16-13-22)29(36)20-35(23-14-17-26(31)27(32)18-23)41(38,39)25-10-8-7-9-11-25/h7-18,21,28H,5-6,19-20H2,1-4H3,(H,33,37)/t21-,28+/m0/s1. The number of hydrogen-bond acceptors (Lipinski definition) is 5. The number of anilines is 1. The summed E-state index contributed by atoms with van der Waals surface area (Å²) >= 11 is 12.4. The minimum atomic E-state index is -4.20. The van der Waals surface area contributed by atoms with Crippen LogP contribution in [0.5, 0.6) is 5.75 Å². The summed E-state index contributed by atoms with van der Waals surface area (Å²) in [6.45, 7) is 5.16. The van der Waals surface area contributed by atoms with E-state index in [-0.39, 0.29) is 39.1 Å². The van der Waals surface area contributed by atoms with Crippen molar-refractivity contribution < 1.29 is 22.7 Å². The molecule has 41 heavy (non-hydrogen) atoms. The van der Waals surface area contributed by atoms with Crippen LogP contribution in [0.2, 0.25) is 10.0 Å². The van der Waals surface area contributed by atoms with Crippen LogP contribution in [0, 0.1) is 0 Å². The Morgan fingerprint density at radius 3 is 2.15 bits per heavy atom. The minimum absolute atomic E-state index is 0.00197. The molecule has 8 nitrogen and oxygen atoms in total. The van der Waals surface area contributed by atoms with Crippen molar-refractivity contribution in [3.63, 3.8) is 0 Å². The Morgan fingerprint density at radius 2 is 1.59 bits per heavy atom. The van der Waals surface area contributed by atoms with Crippen molar-refractivity contribution in [2.24, 2.45) is 0 Å². The van der Waals surface area contributed by atoms with Crippen molar-refractivity contribution in [1.29, 1.82) is 0 Å². The van der Waals surface area contributed by atoms with Crippen LogP contribution >= 0.6 is 23.2 Å². The number of benzene rings is 3. The lowest BCUT2D eigenvalue weighted by molar-refractivity contribution is -0.140. The third-order valence-electron chi connectivity index (χ3n) is 6.70. The number of nitrogens with zero attached hydrogens (tertiary/aromatic N) is 2. The van der Waals surface area contributed by atoms with Crippen LogP contribution < -0.4 is 14.4 Å². The Bertz CT molecular complexity index is 1440. The summed E-state index contributed by atoms with van der Waals surface area (Å²) in [5.41, 5.74) is 0.916. The molecule has 2 atom stereocenters. The number of methoxy groups -OCH3 is 1. The van der Waals surface area contributed by atoms with E-state index in [2.05, 4.69) is 5.32 Å². The summed E-state index contributed by atoms with van der Waals surface area (Å²) < 4.78 is 34.0. The summed E-state index contributed by atoms with van der Waals surface area (Å²) in [4.78, 5) is 28.9. The molecule has 0 unspecified atom stereocenters. The van der Waals surface area contributed by atoms with Gasteiger partial charge in [0.1, 0.15) is 18.3 Å². The molecular formula is C30H35Cl2N3O5S. The number of sulfonamides is 1. The monoisotopic (exact) mass is 619 g/mol. The number of hydrogen-bond donors (Lipinski definition) is 1. The fourth-order valence-corrected chi connectivity index (χ4v) is 5.90. The van der Waals surface area contributed by atoms with Crippen LogP contribution in [0.25, 0.3) is 0 Å². The molecule has 0 saturated heterocycles. The molecule has 0 spiro atoms. The molecule has 3 aromatic carbocycles. The van der Waals surface area contributed by atoms with Gasteiger partial charge in [-0.05, 0) is 67.8 Å². The summed E-state index contributed by atoms with van der Waals surface area (Å²) in [6.07, 6.45) is 1.04. The van der Waals surface area contributed by atoms with Gasteiger partial charge in [0.05, 0.1) is 27.7 Å². The van der Waals surface area contributed by atoms with Crippen molar-refractivity contribution in [2.45, 2.75) is 57.1 Å². The molecule has 0 heterocycles. The lowest BCUT2D eigenvalue weighted by Crippen LogP contribution is -2.53. The second kappa shape index (κ2) is 14.6. The summed E-state index contributed by atoms with van der Waals surface area (Å²) in [6, 6.07) is 18.4. The predicted octanol–water partition coefficient (Wildman–Crippen LogP) is 5.92. The van der Waals surface area contributed by atoms with E-state index in [0.717, 1.165) is 16.3 Å².